The monoisotopic (exact) mass is 688 g/mol. The Balaban J connectivity index is 1.06. The Morgan fingerprint density at radius 2 is 1.00 bits per heavy atom. The molecule has 6 heteroatoms. The van der Waals surface area contributed by atoms with Gasteiger partial charge in [-0.3, -0.25) is 14.4 Å². The molecular weight excluding hydrogens is 660 g/mol. The van der Waals surface area contributed by atoms with Crippen LogP contribution in [0.5, 0.6) is 0 Å². The molecule has 0 radical (unpaired) electrons. The van der Waals surface area contributed by atoms with Crippen molar-refractivity contribution >= 4 is 82.9 Å². The summed E-state index contributed by atoms with van der Waals surface area (Å²) >= 11 is 6.51. The lowest BCUT2D eigenvalue weighted by molar-refractivity contribution is 1.32. The lowest BCUT2D eigenvalue weighted by Gasteiger charge is -2.24. The number of nitrogens with zero attached hydrogens (tertiary/aromatic N) is 4. The molecule has 4 heterocycles. The minimum Gasteiger partial charge on any atom is -0.292 e. The third kappa shape index (κ3) is 4.74. The molecule has 0 fully saturated rings. The van der Waals surface area contributed by atoms with Gasteiger partial charge in [0, 0.05) is 41.6 Å². The second-order valence-corrected chi connectivity index (χ2v) is 17.3. The highest BCUT2D eigenvalue weighted by Crippen LogP contribution is 2.43. The number of benzene rings is 6. The van der Waals surface area contributed by atoms with Crippen LogP contribution >= 0.6 is 6.04 Å². The number of hydrogen-bond acceptors (Lipinski definition) is 4. The highest BCUT2D eigenvalue weighted by molar-refractivity contribution is 8.25. The van der Waals surface area contributed by atoms with Crippen molar-refractivity contribution in [1.82, 2.24) is 19.4 Å². The molecule has 0 bridgehead atoms. The molecule has 0 saturated carbocycles. The summed E-state index contributed by atoms with van der Waals surface area (Å²) in [4.78, 5) is 13.7. The molecule has 10 aromatic rings. The van der Waals surface area contributed by atoms with Crippen LogP contribution in [0.2, 0.25) is 0 Å². The minimum absolute atomic E-state index is 0.991. The molecule has 6 aromatic carbocycles. The maximum absolute atomic E-state index is 6.51. The van der Waals surface area contributed by atoms with E-state index in [1.807, 2.05) is 49.1 Å². The van der Waals surface area contributed by atoms with Crippen molar-refractivity contribution < 1.29 is 0 Å². The summed E-state index contributed by atoms with van der Waals surface area (Å²) in [5.41, 5.74) is 8.90. The number of aromatic nitrogens is 4. The quantitative estimate of drug-likeness (QED) is 0.133. The Hall–Kier alpha value is -6.00. The first kappa shape index (κ1) is 29.9. The van der Waals surface area contributed by atoms with Gasteiger partial charge in [0.15, 0.2) is 0 Å². The normalized spacial score (nSPS) is 12.0. The first-order valence-electron chi connectivity index (χ1n) is 16.9. The maximum atomic E-state index is 6.51. The van der Waals surface area contributed by atoms with Crippen LogP contribution in [-0.4, -0.2) is 19.4 Å². The Bertz CT molecular complexity index is 2930. The lowest BCUT2D eigenvalue weighted by atomic mass is 9.96. The van der Waals surface area contributed by atoms with Crippen LogP contribution in [0.25, 0.3) is 71.4 Å². The van der Waals surface area contributed by atoms with Crippen molar-refractivity contribution in [3.63, 3.8) is 0 Å². The average Bonchev–Trinajstić information content (AvgIpc) is 3.61. The molecule has 240 valence electrons. The average molecular weight is 689 g/mol. The number of hydrogen-bond donors (Lipinski definition) is 0. The van der Waals surface area contributed by atoms with Crippen LogP contribution in [0.3, 0.4) is 0 Å². The topological polar surface area (TPSA) is 43.1 Å². The van der Waals surface area contributed by atoms with Crippen LogP contribution in [-0.2, 0) is 11.8 Å². The van der Waals surface area contributed by atoms with Gasteiger partial charge in [-0.05, 0) is 96.8 Å². The fourth-order valence-corrected chi connectivity index (χ4v) is 11.2. The first-order chi connectivity index (χ1) is 25.2. The Morgan fingerprint density at radius 1 is 0.451 bits per heavy atom. The summed E-state index contributed by atoms with van der Waals surface area (Å²) in [6, 6.07) is 51.9. The van der Waals surface area contributed by atoms with Gasteiger partial charge in [-0.15, -0.1) is 0 Å². The smallest absolute Gasteiger partial charge is 0.147 e. The molecule has 0 unspecified atom stereocenters. The van der Waals surface area contributed by atoms with Crippen LogP contribution in [0, 0.1) is 0 Å². The van der Waals surface area contributed by atoms with E-state index in [9.17, 15) is 0 Å². The summed E-state index contributed by atoms with van der Waals surface area (Å²) in [6.45, 7) is 0. The predicted octanol–water partition coefficient (Wildman–Crippen LogP) is 9.83. The van der Waals surface area contributed by atoms with Gasteiger partial charge in [-0.1, -0.05) is 121 Å². The largest absolute Gasteiger partial charge is 0.292 e. The molecule has 0 saturated heterocycles. The van der Waals surface area contributed by atoms with E-state index < -0.39 is 6.04 Å². The molecule has 0 aliphatic carbocycles. The fourth-order valence-electron chi connectivity index (χ4n) is 7.57. The van der Waals surface area contributed by atoms with Gasteiger partial charge in [0.1, 0.15) is 5.65 Å². The molecule has 4 nitrogen and oxygen atoms in total. The van der Waals surface area contributed by atoms with Crippen molar-refractivity contribution in [3.8, 4) is 22.3 Å². The zero-order valence-electron chi connectivity index (χ0n) is 27.4. The first-order valence-corrected chi connectivity index (χ1v) is 19.7. The van der Waals surface area contributed by atoms with Gasteiger partial charge in [0.25, 0.3) is 0 Å². The van der Waals surface area contributed by atoms with Crippen LogP contribution in [0.4, 0.5) is 0 Å². The van der Waals surface area contributed by atoms with Gasteiger partial charge < -0.3 is 0 Å². The van der Waals surface area contributed by atoms with Crippen molar-refractivity contribution in [2.24, 2.45) is 0 Å². The zero-order valence-corrected chi connectivity index (χ0v) is 29.1. The standard InChI is InChI=1S/C45H29N4PS/c51-50(36-21-25-46-26-22-36,37-23-27-47-28-24-37)35-17-13-31(14-18-35)30-9-11-32(12-10-30)34-16-19-39-40-20-15-33-5-1-2-6-38(33)44(40)45-48-41-7-3-4-8-42(41)49(45)43(39)29-34/h1-29H. The van der Waals surface area contributed by atoms with Gasteiger partial charge in [-0.25, -0.2) is 4.98 Å². The Morgan fingerprint density at radius 3 is 1.71 bits per heavy atom. The van der Waals surface area contributed by atoms with Crippen molar-refractivity contribution in [1.29, 1.82) is 0 Å². The summed E-state index contributed by atoms with van der Waals surface area (Å²) in [6.07, 6.45) is 7.31. The lowest BCUT2D eigenvalue weighted by Crippen LogP contribution is -2.24. The van der Waals surface area contributed by atoms with Gasteiger partial charge in [0.2, 0.25) is 0 Å². The van der Waals surface area contributed by atoms with E-state index in [4.69, 9.17) is 16.8 Å². The van der Waals surface area contributed by atoms with Gasteiger partial charge in [0.05, 0.1) is 16.6 Å². The maximum Gasteiger partial charge on any atom is 0.147 e. The Kier molecular flexibility index (Phi) is 6.92. The summed E-state index contributed by atoms with van der Waals surface area (Å²) in [7, 11) is 0. The number of imidazole rings is 1. The summed E-state index contributed by atoms with van der Waals surface area (Å²) in [5, 5.41) is 9.45. The number of pyridine rings is 3. The van der Waals surface area contributed by atoms with E-state index in [0.717, 1.165) is 49.2 Å². The molecule has 0 spiro atoms. The van der Waals surface area contributed by atoms with E-state index in [2.05, 4.69) is 142 Å². The summed E-state index contributed by atoms with van der Waals surface area (Å²) in [5.74, 6) is 0. The molecule has 0 amide bonds. The van der Waals surface area contributed by atoms with Crippen molar-refractivity contribution in [3.05, 3.63) is 176 Å². The number of para-hydroxylation sites is 2. The molecular formula is C45H29N4PS. The third-order valence-electron chi connectivity index (χ3n) is 10.1. The molecule has 0 atom stereocenters. The molecule has 10 rings (SSSR count). The number of rotatable bonds is 5. The zero-order chi connectivity index (χ0) is 33.9. The van der Waals surface area contributed by atoms with Crippen LogP contribution in [0.15, 0.2) is 176 Å². The van der Waals surface area contributed by atoms with Crippen molar-refractivity contribution in [2.45, 2.75) is 0 Å². The van der Waals surface area contributed by atoms with Crippen LogP contribution in [0.1, 0.15) is 0 Å². The van der Waals surface area contributed by atoms with Gasteiger partial charge >= 0.3 is 0 Å². The van der Waals surface area contributed by atoms with Gasteiger partial charge in [-0.2, -0.15) is 0 Å². The summed E-state index contributed by atoms with van der Waals surface area (Å²) < 4.78 is 2.35. The predicted molar refractivity (Wildman–Crippen MR) is 218 cm³/mol. The molecule has 51 heavy (non-hydrogen) atoms. The van der Waals surface area contributed by atoms with E-state index in [1.165, 1.54) is 38.1 Å². The van der Waals surface area contributed by atoms with E-state index in [1.54, 1.807) is 0 Å². The SMILES string of the molecule is S=P(c1ccncc1)(c1ccncc1)c1ccc(-c2ccc(-c3ccc4c5ccc6ccccc6c5c5nc6ccccc6n5c4c3)cc2)cc1. The van der Waals surface area contributed by atoms with E-state index in [0.29, 0.717) is 0 Å². The molecule has 0 aliphatic rings. The van der Waals surface area contributed by atoms with E-state index in [-0.39, 0.29) is 0 Å². The Labute approximate surface area is 299 Å². The fraction of sp³-hybridized carbons (Fsp3) is 0. The molecule has 0 N–H and O–H groups in total. The van der Waals surface area contributed by atoms with E-state index >= 15 is 0 Å². The minimum atomic E-state index is -2.27. The second-order valence-electron chi connectivity index (χ2n) is 12.8. The third-order valence-corrected chi connectivity index (χ3v) is 15.1. The molecule has 0 aliphatic heterocycles. The molecule has 4 aromatic heterocycles. The van der Waals surface area contributed by atoms with Crippen molar-refractivity contribution in [2.75, 3.05) is 0 Å². The number of fused-ring (bicyclic) bond motifs is 10. The van der Waals surface area contributed by atoms with Crippen LogP contribution < -0.4 is 15.9 Å². The highest BCUT2D eigenvalue weighted by atomic mass is 32.4. The second kappa shape index (κ2) is 11.8. The highest BCUT2D eigenvalue weighted by Gasteiger charge is 2.25.